The maximum Gasteiger partial charge on any atom is 0.230 e. The van der Waals surface area contributed by atoms with Gasteiger partial charge in [0.2, 0.25) is 5.91 Å². The van der Waals surface area contributed by atoms with Gasteiger partial charge in [0.25, 0.3) is 0 Å². The number of nitrogens with one attached hydrogen (secondary N) is 1. The first-order valence-electron chi connectivity index (χ1n) is 5.55. The van der Waals surface area contributed by atoms with Crippen molar-refractivity contribution in [1.82, 2.24) is 5.32 Å². The molecule has 2 aliphatic carbocycles. The topological polar surface area (TPSA) is 38.3 Å². The summed E-state index contributed by atoms with van der Waals surface area (Å²) in [6.07, 6.45) is 12.2. The highest BCUT2D eigenvalue weighted by molar-refractivity contribution is 5.90. The number of rotatable bonds is 1. The highest BCUT2D eigenvalue weighted by atomic mass is 16.5. The van der Waals surface area contributed by atoms with Gasteiger partial charge in [-0.2, -0.15) is 0 Å². The third-order valence-corrected chi connectivity index (χ3v) is 4.32. The Morgan fingerprint density at radius 2 is 2.12 bits per heavy atom. The van der Waals surface area contributed by atoms with E-state index in [-0.39, 0.29) is 17.9 Å². The molecule has 0 saturated carbocycles. The largest absolute Gasteiger partial charge is 0.370 e. The van der Waals surface area contributed by atoms with Crippen molar-refractivity contribution in [2.75, 3.05) is 7.11 Å². The zero-order chi connectivity index (χ0) is 11.4. The van der Waals surface area contributed by atoms with Gasteiger partial charge in [-0.25, -0.2) is 0 Å². The van der Waals surface area contributed by atoms with Crippen LogP contribution in [-0.4, -0.2) is 24.7 Å². The van der Waals surface area contributed by atoms with Crippen LogP contribution in [0.1, 0.15) is 6.92 Å². The van der Waals surface area contributed by atoms with Crippen LogP contribution in [0.5, 0.6) is 0 Å². The minimum absolute atomic E-state index is 0.0533. The number of methoxy groups -OCH3 is 1. The lowest BCUT2D eigenvalue weighted by atomic mass is 9.62. The Bertz CT molecular complexity index is 437. The molecule has 0 aromatic rings. The van der Waals surface area contributed by atoms with Crippen molar-refractivity contribution >= 4 is 5.91 Å². The van der Waals surface area contributed by atoms with E-state index in [0.717, 1.165) is 0 Å². The molecule has 4 atom stereocenters. The zero-order valence-corrected chi connectivity index (χ0v) is 9.44. The van der Waals surface area contributed by atoms with Crippen molar-refractivity contribution in [3.05, 3.63) is 36.5 Å². The molecular weight excluding hydrogens is 202 g/mol. The average molecular weight is 217 g/mol. The van der Waals surface area contributed by atoms with E-state index in [1.165, 1.54) is 0 Å². The van der Waals surface area contributed by atoms with Crippen LogP contribution in [-0.2, 0) is 9.53 Å². The minimum Gasteiger partial charge on any atom is -0.370 e. The normalized spacial score (nSPS) is 48.0. The molecule has 1 amide bonds. The van der Waals surface area contributed by atoms with Crippen LogP contribution >= 0.6 is 0 Å². The third kappa shape index (κ3) is 0.824. The summed E-state index contributed by atoms with van der Waals surface area (Å²) in [4.78, 5) is 12.2. The molecule has 1 heterocycles. The number of hydrogen-bond acceptors (Lipinski definition) is 2. The molecule has 84 valence electrons. The summed E-state index contributed by atoms with van der Waals surface area (Å²) in [6, 6.07) is -0.0533. The molecule has 0 spiro atoms. The Kier molecular flexibility index (Phi) is 1.76. The molecule has 3 heteroatoms. The molecule has 0 unspecified atom stereocenters. The highest BCUT2D eigenvalue weighted by Crippen LogP contribution is 2.53. The Labute approximate surface area is 94.9 Å². The van der Waals surface area contributed by atoms with Gasteiger partial charge in [0, 0.05) is 13.0 Å². The molecule has 1 saturated heterocycles. The number of carbonyl (C=O) groups excluding carboxylic acids is 1. The number of allylic oxidation sites excluding steroid dienone is 4. The van der Waals surface area contributed by atoms with Crippen LogP contribution < -0.4 is 5.32 Å². The van der Waals surface area contributed by atoms with Gasteiger partial charge in [-0.05, 0) is 13.0 Å². The molecule has 16 heavy (non-hydrogen) atoms. The lowest BCUT2D eigenvalue weighted by molar-refractivity contribution is -0.137. The van der Waals surface area contributed by atoms with Gasteiger partial charge in [-0.1, -0.05) is 30.4 Å². The van der Waals surface area contributed by atoms with E-state index in [2.05, 4.69) is 17.5 Å². The van der Waals surface area contributed by atoms with Crippen molar-refractivity contribution < 1.29 is 9.53 Å². The lowest BCUT2D eigenvalue weighted by Crippen LogP contribution is -2.55. The second-order valence-corrected chi connectivity index (χ2v) is 4.81. The molecule has 4 bridgehead atoms. The van der Waals surface area contributed by atoms with E-state index >= 15 is 0 Å². The molecule has 1 N–H and O–H groups in total. The third-order valence-electron chi connectivity index (χ3n) is 4.32. The van der Waals surface area contributed by atoms with Crippen LogP contribution in [0.2, 0.25) is 0 Å². The fraction of sp³-hybridized carbons (Fsp3) is 0.462. The standard InChI is InChI=1S/C13H15NO2/c1-12-9-5-3-4-8-13(12,16-2)10(7-6-9)14-11(12)15/h3-10H,1-2H3,(H,14,15)/t9-,10+,12+,13-/m0/s1. The molecule has 3 rings (SSSR count). The summed E-state index contributed by atoms with van der Waals surface area (Å²) in [5.41, 5.74) is -1.09. The van der Waals surface area contributed by atoms with Gasteiger partial charge in [0.05, 0.1) is 11.5 Å². The number of ether oxygens (including phenoxy) is 1. The fourth-order valence-electron chi connectivity index (χ4n) is 3.25. The molecule has 3 nitrogen and oxygen atoms in total. The van der Waals surface area contributed by atoms with Gasteiger partial charge in [-0.15, -0.1) is 0 Å². The number of carbonyl (C=O) groups is 1. The molecule has 3 aliphatic rings. The second kappa shape index (κ2) is 2.86. The van der Waals surface area contributed by atoms with Crippen LogP contribution in [0, 0.1) is 11.3 Å². The van der Waals surface area contributed by atoms with Gasteiger partial charge in [0.1, 0.15) is 5.60 Å². The van der Waals surface area contributed by atoms with Crippen molar-refractivity contribution in [3.63, 3.8) is 0 Å². The fourth-order valence-corrected chi connectivity index (χ4v) is 3.25. The summed E-state index contributed by atoms with van der Waals surface area (Å²) < 4.78 is 5.73. The zero-order valence-electron chi connectivity index (χ0n) is 9.44. The molecule has 0 aromatic heterocycles. The van der Waals surface area contributed by atoms with E-state index in [9.17, 15) is 4.79 Å². The molecular formula is C13H15NO2. The van der Waals surface area contributed by atoms with E-state index in [0.29, 0.717) is 0 Å². The first-order valence-corrected chi connectivity index (χ1v) is 5.55. The second-order valence-electron chi connectivity index (χ2n) is 4.81. The number of hydrogen-bond donors (Lipinski definition) is 1. The first-order chi connectivity index (χ1) is 7.65. The molecule has 0 aromatic carbocycles. The summed E-state index contributed by atoms with van der Waals surface area (Å²) in [7, 11) is 1.68. The molecule has 1 aliphatic heterocycles. The van der Waals surface area contributed by atoms with E-state index in [1.807, 2.05) is 31.2 Å². The van der Waals surface area contributed by atoms with Crippen molar-refractivity contribution in [1.29, 1.82) is 0 Å². The first kappa shape index (κ1) is 9.85. The van der Waals surface area contributed by atoms with E-state index in [1.54, 1.807) is 7.11 Å². The Hall–Kier alpha value is -1.35. The van der Waals surface area contributed by atoms with Crippen molar-refractivity contribution in [2.45, 2.75) is 18.6 Å². The number of amides is 1. The SMILES string of the molecule is CO[C@@]12C=CC=C[C@H]3C=C[C@H]1NC(=O)[C@@]32C. The minimum atomic E-state index is -0.549. The predicted molar refractivity (Wildman–Crippen MR) is 60.7 cm³/mol. The summed E-state index contributed by atoms with van der Waals surface area (Å²) in [5, 5.41) is 3.01. The van der Waals surface area contributed by atoms with Crippen LogP contribution in [0.25, 0.3) is 0 Å². The predicted octanol–water partition coefficient (Wildman–Crippen LogP) is 1.19. The highest BCUT2D eigenvalue weighted by Gasteiger charge is 2.66. The van der Waals surface area contributed by atoms with Crippen LogP contribution in [0.15, 0.2) is 36.5 Å². The maximum absolute atomic E-state index is 12.2. The molecule has 1 fully saturated rings. The Balaban J connectivity index is 2.29. The average Bonchev–Trinajstić information content (AvgIpc) is 2.37. The van der Waals surface area contributed by atoms with Gasteiger partial charge >= 0.3 is 0 Å². The van der Waals surface area contributed by atoms with E-state index in [4.69, 9.17) is 4.74 Å². The van der Waals surface area contributed by atoms with Crippen molar-refractivity contribution in [3.8, 4) is 0 Å². The smallest absolute Gasteiger partial charge is 0.230 e. The quantitative estimate of drug-likeness (QED) is 0.670. The summed E-state index contributed by atoms with van der Waals surface area (Å²) in [6.45, 7) is 1.99. The van der Waals surface area contributed by atoms with Crippen LogP contribution in [0.3, 0.4) is 0 Å². The molecule has 0 radical (unpaired) electrons. The van der Waals surface area contributed by atoms with Crippen LogP contribution in [0.4, 0.5) is 0 Å². The Morgan fingerprint density at radius 3 is 2.88 bits per heavy atom. The monoisotopic (exact) mass is 217 g/mol. The van der Waals surface area contributed by atoms with Crippen molar-refractivity contribution in [2.24, 2.45) is 11.3 Å². The summed E-state index contributed by atoms with van der Waals surface area (Å²) in [5.74, 6) is 0.173. The van der Waals surface area contributed by atoms with Gasteiger partial charge in [0.15, 0.2) is 0 Å². The lowest BCUT2D eigenvalue weighted by Gasteiger charge is -2.45. The maximum atomic E-state index is 12.2. The van der Waals surface area contributed by atoms with Gasteiger partial charge in [-0.3, -0.25) is 4.79 Å². The van der Waals surface area contributed by atoms with E-state index < -0.39 is 11.0 Å². The Morgan fingerprint density at radius 1 is 1.31 bits per heavy atom. The summed E-state index contributed by atoms with van der Waals surface area (Å²) >= 11 is 0. The van der Waals surface area contributed by atoms with Gasteiger partial charge < -0.3 is 10.1 Å².